The molecule has 3 N–H and O–H groups in total. The number of carbonyl (C=O) groups is 1. The van der Waals surface area contributed by atoms with E-state index in [1.807, 2.05) is 6.92 Å². The Labute approximate surface area is 163 Å². The first-order valence-electron chi connectivity index (χ1n) is 9.51. The Hall–Kier alpha value is -1.67. The second-order valence-corrected chi connectivity index (χ2v) is 9.03. The molecule has 1 spiro atoms. The lowest BCUT2D eigenvalue weighted by Gasteiger charge is -2.51. The fourth-order valence-electron chi connectivity index (χ4n) is 4.23. The van der Waals surface area contributed by atoms with E-state index in [0.29, 0.717) is 18.7 Å². The van der Waals surface area contributed by atoms with Crippen molar-refractivity contribution >= 4 is 17.2 Å². The number of nitrogens with zero attached hydrogens (tertiary/aromatic N) is 1. The van der Waals surface area contributed by atoms with Gasteiger partial charge in [-0.25, -0.2) is 0 Å². The average molecular weight is 390 g/mol. The van der Waals surface area contributed by atoms with Gasteiger partial charge in [0.05, 0.1) is 23.9 Å². The second-order valence-electron chi connectivity index (χ2n) is 7.99. The highest BCUT2D eigenvalue weighted by Gasteiger charge is 2.49. The molecule has 2 fully saturated rings. The van der Waals surface area contributed by atoms with Gasteiger partial charge in [-0.3, -0.25) is 9.69 Å². The zero-order valence-corrected chi connectivity index (χ0v) is 16.4. The van der Waals surface area contributed by atoms with E-state index in [9.17, 15) is 9.90 Å². The van der Waals surface area contributed by atoms with Crippen LogP contribution in [0.5, 0.6) is 0 Å². The maximum absolute atomic E-state index is 12.3. The summed E-state index contributed by atoms with van der Waals surface area (Å²) in [5.74, 6) is -0.212. The van der Waals surface area contributed by atoms with E-state index in [4.69, 9.17) is 4.74 Å². The van der Waals surface area contributed by atoms with E-state index in [1.54, 1.807) is 29.7 Å². The van der Waals surface area contributed by atoms with Crippen LogP contribution in [0.4, 0.5) is 0 Å². The molecule has 1 amide bonds. The molecule has 0 unspecified atom stereocenters. The van der Waals surface area contributed by atoms with Crippen LogP contribution in [0.3, 0.4) is 0 Å². The van der Waals surface area contributed by atoms with Crippen molar-refractivity contribution in [2.75, 3.05) is 19.7 Å². The summed E-state index contributed by atoms with van der Waals surface area (Å²) >= 11 is 1.79. The summed E-state index contributed by atoms with van der Waals surface area (Å²) in [4.78, 5) is 19.0. The first-order valence-corrected chi connectivity index (χ1v) is 10.4. The number of likely N-dealkylation sites (tertiary alicyclic amines) is 1. The van der Waals surface area contributed by atoms with Crippen molar-refractivity contribution in [3.05, 3.63) is 46.4 Å². The molecule has 2 atom stereocenters. The van der Waals surface area contributed by atoms with Gasteiger partial charge in [-0.05, 0) is 43.3 Å². The van der Waals surface area contributed by atoms with E-state index < -0.39 is 11.6 Å². The maximum Gasteiger partial charge on any atom is 0.268 e. The molecule has 4 heterocycles. The number of ether oxygens (including phenoxy) is 1. The average Bonchev–Trinajstić information content (AvgIpc) is 3.33. The van der Waals surface area contributed by atoms with E-state index >= 15 is 0 Å². The van der Waals surface area contributed by atoms with Gasteiger partial charge in [0, 0.05) is 37.1 Å². The van der Waals surface area contributed by atoms with Gasteiger partial charge in [-0.2, -0.15) is 0 Å². The van der Waals surface area contributed by atoms with Gasteiger partial charge < -0.3 is 20.1 Å². The number of nitrogens with one attached hydrogen (secondary N) is 2. The van der Waals surface area contributed by atoms with E-state index in [0.717, 1.165) is 32.5 Å². The van der Waals surface area contributed by atoms with Gasteiger partial charge in [-0.1, -0.05) is 6.07 Å². The summed E-state index contributed by atoms with van der Waals surface area (Å²) in [5, 5.41) is 16.1. The number of hydrogen-bond acceptors (Lipinski definition) is 5. The molecule has 0 saturated carbocycles. The number of carbonyl (C=O) groups excluding carboxylic acids is 1. The third-order valence-corrected chi connectivity index (χ3v) is 6.72. The van der Waals surface area contributed by atoms with Crippen molar-refractivity contribution < 1.29 is 14.6 Å². The molecule has 0 aliphatic carbocycles. The van der Waals surface area contributed by atoms with E-state index in [2.05, 4.69) is 32.7 Å². The maximum atomic E-state index is 12.3. The van der Waals surface area contributed by atoms with Gasteiger partial charge in [0.2, 0.25) is 0 Å². The minimum Gasteiger partial charge on any atom is -0.388 e. The number of aromatic nitrogens is 1. The van der Waals surface area contributed by atoms with Crippen LogP contribution in [0.2, 0.25) is 0 Å². The Morgan fingerprint density at radius 3 is 2.85 bits per heavy atom. The third kappa shape index (κ3) is 4.11. The molecule has 2 aromatic heterocycles. The molecular weight excluding hydrogens is 362 g/mol. The summed E-state index contributed by atoms with van der Waals surface area (Å²) in [7, 11) is 0. The molecule has 2 saturated heterocycles. The highest BCUT2D eigenvalue weighted by atomic mass is 32.1. The summed E-state index contributed by atoms with van der Waals surface area (Å²) in [6, 6.07) is 7.35. The Morgan fingerprint density at radius 2 is 2.22 bits per heavy atom. The minimum absolute atomic E-state index is 0.212. The molecule has 7 heteroatoms. The number of thiophene rings is 1. The van der Waals surface area contributed by atoms with Crippen LogP contribution in [-0.4, -0.2) is 57.8 Å². The Kier molecular flexibility index (Phi) is 5.11. The van der Waals surface area contributed by atoms with Crippen LogP contribution in [0.15, 0.2) is 35.8 Å². The van der Waals surface area contributed by atoms with Crippen molar-refractivity contribution in [3.63, 3.8) is 0 Å². The molecular formula is C20H27N3O3S. The number of aromatic amines is 1. The van der Waals surface area contributed by atoms with Gasteiger partial charge in [0.15, 0.2) is 0 Å². The largest absolute Gasteiger partial charge is 0.388 e. The summed E-state index contributed by atoms with van der Waals surface area (Å²) in [6.07, 6.45) is 4.07. The second kappa shape index (κ2) is 7.39. The van der Waals surface area contributed by atoms with Crippen molar-refractivity contribution in [3.8, 4) is 0 Å². The number of rotatable bonds is 4. The van der Waals surface area contributed by atoms with Crippen molar-refractivity contribution in [1.82, 2.24) is 15.2 Å². The molecule has 4 rings (SSSR count). The molecule has 2 aliphatic heterocycles. The van der Waals surface area contributed by atoms with Crippen molar-refractivity contribution in [2.45, 2.75) is 50.0 Å². The molecule has 2 aromatic rings. The number of aliphatic hydroxyl groups is 1. The predicted octanol–water partition coefficient (Wildman–Crippen LogP) is 2.38. The number of piperidine rings is 1. The topological polar surface area (TPSA) is 77.6 Å². The van der Waals surface area contributed by atoms with Crippen molar-refractivity contribution in [1.29, 1.82) is 0 Å². The van der Waals surface area contributed by atoms with Gasteiger partial charge >= 0.3 is 0 Å². The van der Waals surface area contributed by atoms with Crippen molar-refractivity contribution in [2.24, 2.45) is 0 Å². The van der Waals surface area contributed by atoms with Gasteiger partial charge in [0.25, 0.3) is 5.91 Å². The number of amides is 1. The lowest BCUT2D eigenvalue weighted by atomic mass is 9.75. The number of hydrogen-bond donors (Lipinski definition) is 3. The fourth-order valence-corrected chi connectivity index (χ4v) is 4.98. The first-order chi connectivity index (χ1) is 13.0. The normalized spacial score (nSPS) is 28.3. The summed E-state index contributed by atoms with van der Waals surface area (Å²) in [5.41, 5.74) is -0.785. The Bertz CT molecular complexity index is 750. The standard InChI is InChI=1S/C20H27N3O3S/c1-19(25)14-20(6-9-23(10-7-20)12-15-4-3-11-27-15)26-13-17(19)22-18(24)16-5-2-8-21-16/h2-5,8,11,17,21,25H,6-7,9-10,12-14H2,1H3,(H,22,24)/t17-,19-/m0/s1. The zero-order chi connectivity index (χ0) is 18.9. The quantitative estimate of drug-likeness (QED) is 0.750. The number of H-pyrrole nitrogens is 1. The molecule has 0 bridgehead atoms. The molecule has 0 aromatic carbocycles. The van der Waals surface area contributed by atoms with Crippen LogP contribution in [0.25, 0.3) is 0 Å². The summed E-state index contributed by atoms with van der Waals surface area (Å²) < 4.78 is 6.25. The predicted molar refractivity (Wildman–Crippen MR) is 105 cm³/mol. The van der Waals surface area contributed by atoms with E-state index in [1.165, 1.54) is 4.88 Å². The highest BCUT2D eigenvalue weighted by Crippen LogP contribution is 2.40. The van der Waals surface area contributed by atoms with Crippen LogP contribution >= 0.6 is 11.3 Å². The van der Waals surface area contributed by atoms with Gasteiger partial charge in [-0.15, -0.1) is 11.3 Å². The van der Waals surface area contributed by atoms with Gasteiger partial charge in [0.1, 0.15) is 5.69 Å². The van der Waals surface area contributed by atoms with Crippen LogP contribution < -0.4 is 5.32 Å². The Balaban J connectivity index is 1.34. The Morgan fingerprint density at radius 1 is 1.41 bits per heavy atom. The van der Waals surface area contributed by atoms with Crippen LogP contribution in [0, 0.1) is 0 Å². The lowest BCUT2D eigenvalue weighted by molar-refractivity contribution is -0.186. The monoisotopic (exact) mass is 389 g/mol. The fraction of sp³-hybridized carbons (Fsp3) is 0.550. The highest BCUT2D eigenvalue weighted by molar-refractivity contribution is 7.09. The smallest absolute Gasteiger partial charge is 0.268 e. The van der Waals surface area contributed by atoms with Crippen LogP contribution in [-0.2, 0) is 11.3 Å². The molecule has 27 heavy (non-hydrogen) atoms. The minimum atomic E-state index is -0.990. The first kappa shape index (κ1) is 18.7. The summed E-state index contributed by atoms with van der Waals surface area (Å²) in [6.45, 7) is 5.07. The van der Waals surface area contributed by atoms with E-state index in [-0.39, 0.29) is 11.5 Å². The third-order valence-electron chi connectivity index (χ3n) is 5.86. The van der Waals surface area contributed by atoms with Crippen LogP contribution in [0.1, 0.15) is 41.6 Å². The lowest BCUT2D eigenvalue weighted by Crippen LogP contribution is -2.63. The molecule has 2 aliphatic rings. The SMILES string of the molecule is C[C@]1(O)CC2(CCN(Cc3cccs3)CC2)OC[C@@H]1NC(=O)c1ccc[nH]1. The zero-order valence-electron chi connectivity index (χ0n) is 15.6. The molecule has 146 valence electrons. The molecule has 0 radical (unpaired) electrons. The molecule has 6 nitrogen and oxygen atoms in total.